The molecule has 1 aromatic heterocycles. The normalized spacial score (nSPS) is 11.4. The molecule has 18 heavy (non-hydrogen) atoms. The Kier molecular flexibility index (Phi) is 3.24. The highest BCUT2D eigenvalue weighted by Gasteiger charge is 2.14. The number of aromatic nitrogens is 1. The molecule has 2 rings (SSSR count). The Morgan fingerprint density at radius 3 is 2.56 bits per heavy atom. The Morgan fingerprint density at radius 1 is 1.33 bits per heavy atom. The van der Waals surface area contributed by atoms with E-state index in [1.807, 2.05) is 0 Å². The number of nitrogens with one attached hydrogen (secondary N) is 1. The van der Waals surface area contributed by atoms with Crippen molar-refractivity contribution in [3.8, 4) is 0 Å². The molecule has 2 aromatic rings. The summed E-state index contributed by atoms with van der Waals surface area (Å²) >= 11 is 0. The van der Waals surface area contributed by atoms with Crippen molar-refractivity contribution >= 4 is 21.4 Å². The lowest BCUT2D eigenvalue weighted by atomic mass is 10.3. The maximum absolute atomic E-state index is 11.8. The first-order valence-electron chi connectivity index (χ1n) is 5.23. The summed E-state index contributed by atoms with van der Waals surface area (Å²) in [4.78, 5) is 0. The van der Waals surface area contributed by atoms with E-state index >= 15 is 0 Å². The third-order valence-electron chi connectivity index (χ3n) is 2.20. The molecule has 0 spiro atoms. The van der Waals surface area contributed by atoms with Gasteiger partial charge in [0, 0.05) is 17.4 Å². The fraction of sp³-hybridized carbons (Fsp3) is 0.182. The minimum atomic E-state index is -3.50. The second kappa shape index (κ2) is 4.69. The number of aryl methyl sites for hydroxylation is 1. The molecular formula is C11H13N3O3S. The van der Waals surface area contributed by atoms with Crippen LogP contribution >= 0.6 is 0 Å². The van der Waals surface area contributed by atoms with Crippen LogP contribution < -0.4 is 10.5 Å². The molecule has 0 saturated carbocycles. The molecule has 3 N–H and O–H groups in total. The van der Waals surface area contributed by atoms with Crippen molar-refractivity contribution < 1.29 is 12.9 Å². The molecule has 0 radical (unpaired) electrons. The number of nitrogens with two attached hydrogens (primary N) is 1. The zero-order chi connectivity index (χ0) is 13.2. The van der Waals surface area contributed by atoms with E-state index in [0.29, 0.717) is 22.8 Å². The fourth-order valence-electron chi connectivity index (χ4n) is 1.45. The summed E-state index contributed by atoms with van der Waals surface area (Å²) in [6.45, 7) is 1.70. The van der Waals surface area contributed by atoms with Crippen molar-refractivity contribution in [3.63, 3.8) is 0 Å². The van der Waals surface area contributed by atoms with Gasteiger partial charge in [-0.1, -0.05) is 5.16 Å². The maximum atomic E-state index is 11.8. The summed E-state index contributed by atoms with van der Waals surface area (Å²) in [5.74, 6) is 0.349. The Hall–Kier alpha value is -2.02. The minimum Gasteiger partial charge on any atom is -0.399 e. The van der Waals surface area contributed by atoms with Gasteiger partial charge in [0.25, 0.3) is 0 Å². The molecular weight excluding hydrogens is 254 g/mol. The first-order valence-corrected chi connectivity index (χ1v) is 6.88. The van der Waals surface area contributed by atoms with Gasteiger partial charge >= 0.3 is 0 Å². The molecule has 0 fully saturated rings. The van der Waals surface area contributed by atoms with Crippen molar-refractivity contribution in [3.05, 3.63) is 41.8 Å². The van der Waals surface area contributed by atoms with Crippen molar-refractivity contribution in [2.45, 2.75) is 12.7 Å². The summed E-state index contributed by atoms with van der Waals surface area (Å²) in [5, 5.41) is 3.64. The van der Waals surface area contributed by atoms with E-state index in [4.69, 9.17) is 10.3 Å². The molecule has 0 unspecified atom stereocenters. The third kappa shape index (κ3) is 3.24. The van der Waals surface area contributed by atoms with Gasteiger partial charge in [-0.05, 0) is 31.2 Å². The van der Waals surface area contributed by atoms with Crippen molar-refractivity contribution in [2.75, 3.05) is 10.5 Å². The molecule has 1 aromatic carbocycles. The minimum absolute atomic E-state index is 0.227. The van der Waals surface area contributed by atoms with Gasteiger partial charge in [0.2, 0.25) is 10.0 Å². The monoisotopic (exact) mass is 267 g/mol. The number of benzene rings is 1. The highest BCUT2D eigenvalue weighted by atomic mass is 32.2. The van der Waals surface area contributed by atoms with E-state index in [1.165, 1.54) is 0 Å². The van der Waals surface area contributed by atoms with E-state index in [2.05, 4.69) is 9.88 Å². The zero-order valence-corrected chi connectivity index (χ0v) is 10.6. The third-order valence-corrected chi connectivity index (χ3v) is 3.42. The van der Waals surface area contributed by atoms with Crippen molar-refractivity contribution in [2.24, 2.45) is 0 Å². The van der Waals surface area contributed by atoms with Crippen LogP contribution in [0.15, 0.2) is 34.9 Å². The molecule has 0 atom stereocenters. The van der Waals surface area contributed by atoms with E-state index in [9.17, 15) is 8.42 Å². The van der Waals surface area contributed by atoms with Crippen LogP contribution in [0.4, 0.5) is 11.4 Å². The smallest absolute Gasteiger partial charge is 0.238 e. The number of hydrogen-bond donors (Lipinski definition) is 2. The van der Waals surface area contributed by atoms with E-state index in [1.54, 1.807) is 37.3 Å². The molecule has 0 bridgehead atoms. The molecule has 96 valence electrons. The topological polar surface area (TPSA) is 98.2 Å². The number of hydrogen-bond acceptors (Lipinski definition) is 5. The first kappa shape index (κ1) is 12.4. The highest BCUT2D eigenvalue weighted by Crippen LogP contribution is 2.14. The van der Waals surface area contributed by atoms with Gasteiger partial charge in [-0.15, -0.1) is 0 Å². The largest absolute Gasteiger partial charge is 0.399 e. The predicted octanol–water partition coefficient (Wildman–Crippen LogP) is 1.51. The summed E-state index contributed by atoms with van der Waals surface area (Å²) < 4.78 is 30.9. The molecule has 6 nitrogen and oxygen atoms in total. The SMILES string of the molecule is Cc1cc(CS(=O)(=O)Nc2ccc(N)cc2)no1. The van der Waals surface area contributed by atoms with Gasteiger partial charge in [-0.25, -0.2) is 8.42 Å². The van der Waals surface area contributed by atoms with E-state index in [-0.39, 0.29) is 5.75 Å². The maximum Gasteiger partial charge on any atom is 0.238 e. The van der Waals surface area contributed by atoms with E-state index in [0.717, 1.165) is 0 Å². The average Bonchev–Trinajstić information content (AvgIpc) is 2.66. The Morgan fingerprint density at radius 2 is 2.00 bits per heavy atom. The van der Waals surface area contributed by atoms with Crippen LogP contribution in [0.2, 0.25) is 0 Å². The van der Waals surface area contributed by atoms with Crippen LogP contribution in [0.1, 0.15) is 11.5 Å². The number of nitrogen functional groups attached to an aromatic ring is 1. The van der Waals surface area contributed by atoms with Crippen LogP contribution in [0.5, 0.6) is 0 Å². The molecule has 0 aliphatic carbocycles. The number of anilines is 2. The lowest BCUT2D eigenvalue weighted by Crippen LogP contribution is -2.15. The predicted molar refractivity (Wildman–Crippen MR) is 68.3 cm³/mol. The standard InChI is InChI=1S/C11H13N3O3S/c1-8-6-11(13-17-8)7-18(15,16)14-10-4-2-9(12)3-5-10/h2-6,14H,7,12H2,1H3. The summed E-state index contributed by atoms with van der Waals surface area (Å²) in [7, 11) is -3.50. The fourth-order valence-corrected chi connectivity index (χ4v) is 2.54. The van der Waals surface area contributed by atoms with Gasteiger partial charge in [0.1, 0.15) is 17.2 Å². The lowest BCUT2D eigenvalue weighted by molar-refractivity contribution is 0.392. The van der Waals surface area contributed by atoms with Crippen LogP contribution in [-0.4, -0.2) is 13.6 Å². The van der Waals surface area contributed by atoms with Gasteiger partial charge in [-0.2, -0.15) is 0 Å². The molecule has 0 aliphatic heterocycles. The first-order chi connectivity index (χ1) is 8.44. The second-order valence-electron chi connectivity index (χ2n) is 3.91. The highest BCUT2D eigenvalue weighted by molar-refractivity contribution is 7.91. The second-order valence-corrected chi connectivity index (χ2v) is 5.63. The lowest BCUT2D eigenvalue weighted by Gasteiger charge is -2.06. The Labute approximate surface area is 105 Å². The van der Waals surface area contributed by atoms with Crippen LogP contribution in [-0.2, 0) is 15.8 Å². The number of nitrogens with zero attached hydrogens (tertiary/aromatic N) is 1. The number of rotatable bonds is 4. The van der Waals surface area contributed by atoms with Crippen molar-refractivity contribution in [1.29, 1.82) is 0 Å². The van der Waals surface area contributed by atoms with Crippen molar-refractivity contribution in [1.82, 2.24) is 5.16 Å². The summed E-state index contributed by atoms with van der Waals surface area (Å²) in [5.41, 5.74) is 6.92. The molecule has 0 amide bonds. The quantitative estimate of drug-likeness (QED) is 0.818. The summed E-state index contributed by atoms with van der Waals surface area (Å²) in [6.07, 6.45) is 0. The van der Waals surface area contributed by atoms with Gasteiger partial charge in [0.15, 0.2) is 0 Å². The van der Waals surface area contributed by atoms with Crippen LogP contribution in [0.25, 0.3) is 0 Å². The molecule has 7 heteroatoms. The molecule has 0 saturated heterocycles. The van der Waals surface area contributed by atoms with Gasteiger partial charge in [-0.3, -0.25) is 4.72 Å². The Bertz CT molecular complexity index is 632. The molecule has 0 aliphatic rings. The molecule has 1 heterocycles. The van der Waals surface area contributed by atoms with Crippen LogP contribution in [0.3, 0.4) is 0 Å². The van der Waals surface area contributed by atoms with Crippen LogP contribution in [0, 0.1) is 6.92 Å². The zero-order valence-electron chi connectivity index (χ0n) is 9.75. The van der Waals surface area contributed by atoms with E-state index < -0.39 is 10.0 Å². The number of sulfonamides is 1. The average molecular weight is 267 g/mol. The van der Waals surface area contributed by atoms with Gasteiger partial charge in [0.05, 0.1) is 0 Å². The summed E-state index contributed by atoms with van der Waals surface area (Å²) in [6, 6.07) is 8.03. The Balaban J connectivity index is 2.10. The van der Waals surface area contributed by atoms with Gasteiger partial charge < -0.3 is 10.3 Å².